The maximum absolute atomic E-state index is 6.05. The molecular formula is C14H12ClN3O2. The van der Waals surface area contributed by atoms with Crippen molar-refractivity contribution in [2.45, 2.75) is 6.61 Å². The van der Waals surface area contributed by atoms with Gasteiger partial charge in [-0.2, -0.15) is 0 Å². The fourth-order valence-electron chi connectivity index (χ4n) is 1.87. The van der Waals surface area contributed by atoms with Gasteiger partial charge in [-0.25, -0.2) is 0 Å². The van der Waals surface area contributed by atoms with Crippen LogP contribution in [0.15, 0.2) is 42.6 Å². The van der Waals surface area contributed by atoms with E-state index in [0.717, 1.165) is 5.75 Å². The van der Waals surface area contributed by atoms with Crippen molar-refractivity contribution in [1.82, 2.24) is 14.6 Å². The van der Waals surface area contributed by atoms with E-state index in [9.17, 15) is 0 Å². The highest BCUT2D eigenvalue weighted by atomic mass is 35.5. The number of methoxy groups -OCH3 is 1. The maximum Gasteiger partial charge on any atom is 0.179 e. The summed E-state index contributed by atoms with van der Waals surface area (Å²) in [4.78, 5) is 0. The highest BCUT2D eigenvalue weighted by Gasteiger charge is 2.08. The van der Waals surface area contributed by atoms with Crippen LogP contribution >= 0.6 is 11.6 Å². The van der Waals surface area contributed by atoms with Gasteiger partial charge in [0, 0.05) is 12.3 Å². The Bertz CT molecular complexity index is 742. The van der Waals surface area contributed by atoms with Gasteiger partial charge < -0.3 is 9.47 Å². The van der Waals surface area contributed by atoms with Crippen LogP contribution in [0, 0.1) is 0 Å². The van der Waals surface area contributed by atoms with Crippen LogP contribution in [0.3, 0.4) is 0 Å². The molecule has 0 unspecified atom stereocenters. The molecule has 2 aromatic heterocycles. The minimum absolute atomic E-state index is 0.300. The number of pyridine rings is 1. The normalized spacial score (nSPS) is 10.7. The molecule has 0 aliphatic rings. The first kappa shape index (κ1) is 12.7. The average Bonchev–Trinajstić information content (AvgIpc) is 2.90. The number of fused-ring (bicyclic) bond motifs is 1. The molecule has 0 atom stereocenters. The quantitative estimate of drug-likeness (QED) is 0.741. The molecule has 5 nitrogen and oxygen atoms in total. The second-order valence-electron chi connectivity index (χ2n) is 4.13. The fraction of sp³-hybridized carbons (Fsp3) is 0.143. The van der Waals surface area contributed by atoms with Crippen molar-refractivity contribution < 1.29 is 9.47 Å². The minimum atomic E-state index is 0.300. The van der Waals surface area contributed by atoms with E-state index >= 15 is 0 Å². The summed E-state index contributed by atoms with van der Waals surface area (Å²) in [6.45, 7) is 0.300. The molecule has 0 amide bonds. The Morgan fingerprint density at radius 1 is 1.15 bits per heavy atom. The molecule has 0 radical (unpaired) electrons. The van der Waals surface area contributed by atoms with E-state index < -0.39 is 0 Å². The van der Waals surface area contributed by atoms with Crippen LogP contribution in [0.2, 0.25) is 5.02 Å². The highest BCUT2D eigenvalue weighted by Crippen LogP contribution is 2.20. The van der Waals surface area contributed by atoms with Gasteiger partial charge in [0.15, 0.2) is 11.5 Å². The first-order chi connectivity index (χ1) is 9.78. The lowest BCUT2D eigenvalue weighted by Gasteiger charge is -2.06. The number of aromatic nitrogens is 3. The second-order valence-corrected chi connectivity index (χ2v) is 4.54. The van der Waals surface area contributed by atoms with E-state index in [4.69, 9.17) is 21.1 Å². The van der Waals surface area contributed by atoms with Gasteiger partial charge in [0.1, 0.15) is 18.1 Å². The van der Waals surface area contributed by atoms with E-state index in [0.29, 0.717) is 28.9 Å². The van der Waals surface area contributed by atoms with Gasteiger partial charge in [-0.15, -0.1) is 10.2 Å². The summed E-state index contributed by atoms with van der Waals surface area (Å²) < 4.78 is 12.6. The first-order valence-electron chi connectivity index (χ1n) is 6.03. The van der Waals surface area contributed by atoms with Crippen molar-refractivity contribution >= 4 is 17.2 Å². The van der Waals surface area contributed by atoms with Crippen molar-refractivity contribution in [3.63, 3.8) is 0 Å². The standard InChI is InChI=1S/C14H12ClN3O2/c1-19-10-4-2-5-11(8-10)20-9-13-16-17-14-12(15)6-3-7-18(13)14/h2-8H,9H2,1H3. The lowest BCUT2D eigenvalue weighted by molar-refractivity contribution is 0.292. The number of benzene rings is 1. The number of nitrogens with zero attached hydrogens (tertiary/aromatic N) is 3. The maximum atomic E-state index is 6.05. The Morgan fingerprint density at radius 3 is 2.85 bits per heavy atom. The SMILES string of the molecule is COc1cccc(OCc2nnc3c(Cl)cccn23)c1. The minimum Gasteiger partial charge on any atom is -0.497 e. The highest BCUT2D eigenvalue weighted by molar-refractivity contribution is 6.33. The molecule has 0 fully saturated rings. The molecule has 0 saturated carbocycles. The number of rotatable bonds is 4. The monoisotopic (exact) mass is 289 g/mol. The molecule has 0 spiro atoms. The van der Waals surface area contributed by atoms with Crippen LogP contribution in [0.25, 0.3) is 5.65 Å². The Balaban J connectivity index is 1.81. The predicted molar refractivity (Wildman–Crippen MR) is 75.3 cm³/mol. The summed E-state index contributed by atoms with van der Waals surface area (Å²) in [6, 6.07) is 11.0. The summed E-state index contributed by atoms with van der Waals surface area (Å²) in [5.41, 5.74) is 0.624. The Morgan fingerprint density at radius 2 is 2.00 bits per heavy atom. The molecule has 2 heterocycles. The van der Waals surface area contributed by atoms with E-state index in [1.54, 1.807) is 13.2 Å². The molecule has 0 saturated heterocycles. The van der Waals surface area contributed by atoms with Gasteiger partial charge in [-0.1, -0.05) is 17.7 Å². The molecule has 20 heavy (non-hydrogen) atoms. The molecule has 3 aromatic rings. The number of hydrogen-bond acceptors (Lipinski definition) is 4. The first-order valence-corrected chi connectivity index (χ1v) is 6.41. The van der Waals surface area contributed by atoms with Crippen molar-refractivity contribution in [2.75, 3.05) is 7.11 Å². The van der Waals surface area contributed by atoms with Gasteiger partial charge in [-0.05, 0) is 24.3 Å². The largest absolute Gasteiger partial charge is 0.497 e. The Hall–Kier alpha value is -2.27. The molecule has 102 valence electrons. The molecule has 6 heteroatoms. The second kappa shape index (κ2) is 5.38. The van der Waals surface area contributed by atoms with Gasteiger partial charge in [0.05, 0.1) is 12.1 Å². The number of ether oxygens (including phenoxy) is 2. The summed E-state index contributed by atoms with van der Waals surface area (Å²) in [5, 5.41) is 8.69. The number of halogens is 1. The van der Waals surface area contributed by atoms with Crippen molar-refractivity contribution in [1.29, 1.82) is 0 Å². The zero-order chi connectivity index (χ0) is 13.9. The average molecular weight is 290 g/mol. The summed E-state index contributed by atoms with van der Waals surface area (Å²) in [5.74, 6) is 2.14. The van der Waals surface area contributed by atoms with E-state index in [1.165, 1.54) is 0 Å². The lowest BCUT2D eigenvalue weighted by Crippen LogP contribution is -2.01. The molecule has 0 aliphatic heterocycles. The molecule has 1 aromatic carbocycles. The van der Waals surface area contributed by atoms with E-state index in [1.807, 2.05) is 40.9 Å². The van der Waals surface area contributed by atoms with Gasteiger partial charge in [0.2, 0.25) is 0 Å². The Kier molecular flexibility index (Phi) is 3.43. The summed E-state index contributed by atoms with van der Waals surface area (Å²) in [6.07, 6.45) is 1.85. The van der Waals surface area contributed by atoms with E-state index in [2.05, 4.69) is 10.2 Å². The zero-order valence-corrected chi connectivity index (χ0v) is 11.5. The molecule has 0 aliphatic carbocycles. The summed E-state index contributed by atoms with van der Waals surface area (Å²) >= 11 is 6.05. The number of hydrogen-bond donors (Lipinski definition) is 0. The zero-order valence-electron chi connectivity index (χ0n) is 10.8. The van der Waals surface area contributed by atoms with Crippen LogP contribution in [0.4, 0.5) is 0 Å². The molecule has 0 bridgehead atoms. The predicted octanol–water partition coefficient (Wildman–Crippen LogP) is 2.97. The van der Waals surface area contributed by atoms with E-state index in [-0.39, 0.29) is 0 Å². The third-order valence-electron chi connectivity index (χ3n) is 2.87. The van der Waals surface area contributed by atoms with Gasteiger partial charge in [0.25, 0.3) is 0 Å². The van der Waals surface area contributed by atoms with Crippen molar-refractivity contribution in [2.24, 2.45) is 0 Å². The van der Waals surface area contributed by atoms with Crippen LogP contribution in [-0.2, 0) is 6.61 Å². The van der Waals surface area contributed by atoms with Gasteiger partial charge in [-0.3, -0.25) is 4.40 Å². The van der Waals surface area contributed by atoms with Gasteiger partial charge >= 0.3 is 0 Å². The smallest absolute Gasteiger partial charge is 0.179 e. The third-order valence-corrected chi connectivity index (χ3v) is 3.16. The summed E-state index contributed by atoms with van der Waals surface area (Å²) in [7, 11) is 1.62. The van der Waals surface area contributed by atoms with Crippen LogP contribution < -0.4 is 9.47 Å². The topological polar surface area (TPSA) is 48.7 Å². The van der Waals surface area contributed by atoms with Crippen LogP contribution in [-0.4, -0.2) is 21.7 Å². The molecule has 0 N–H and O–H groups in total. The Labute approximate surface area is 120 Å². The lowest BCUT2D eigenvalue weighted by atomic mass is 10.3. The van der Waals surface area contributed by atoms with Crippen molar-refractivity contribution in [3.8, 4) is 11.5 Å². The van der Waals surface area contributed by atoms with Crippen molar-refractivity contribution in [3.05, 3.63) is 53.4 Å². The third kappa shape index (κ3) is 2.40. The van der Waals surface area contributed by atoms with Crippen LogP contribution in [0.5, 0.6) is 11.5 Å². The molecule has 3 rings (SSSR count). The van der Waals surface area contributed by atoms with Crippen LogP contribution in [0.1, 0.15) is 5.82 Å². The molecular weight excluding hydrogens is 278 g/mol. The fourth-order valence-corrected chi connectivity index (χ4v) is 2.07.